The molecular formula is C14H18BrNO3. The van der Waals surface area contributed by atoms with Crippen LogP contribution in [-0.2, 0) is 14.9 Å². The van der Waals surface area contributed by atoms with Gasteiger partial charge in [0.15, 0.2) is 0 Å². The number of anilines is 1. The summed E-state index contributed by atoms with van der Waals surface area (Å²) in [6.45, 7) is 3.25. The van der Waals surface area contributed by atoms with Crippen LogP contribution in [0.1, 0.15) is 25.3 Å². The Bertz CT molecular complexity index is 444. The highest BCUT2D eigenvalue weighted by Crippen LogP contribution is 2.25. The molecule has 1 unspecified atom stereocenters. The minimum absolute atomic E-state index is 0.0674. The van der Waals surface area contributed by atoms with E-state index < -0.39 is 0 Å². The van der Waals surface area contributed by atoms with Gasteiger partial charge >= 0.3 is 0 Å². The minimum atomic E-state index is -0.306. The van der Waals surface area contributed by atoms with E-state index in [-0.39, 0.29) is 12.0 Å². The Kier molecular flexibility index (Phi) is 5.22. The fourth-order valence-corrected chi connectivity index (χ4v) is 2.50. The maximum absolute atomic E-state index is 11.9. The third-order valence-corrected chi connectivity index (χ3v) is 3.60. The minimum Gasteiger partial charge on any atom is -0.494 e. The molecule has 4 nitrogen and oxygen atoms in total. The Morgan fingerprint density at radius 1 is 1.58 bits per heavy atom. The molecule has 1 heterocycles. The van der Waals surface area contributed by atoms with E-state index in [9.17, 15) is 4.79 Å². The molecule has 19 heavy (non-hydrogen) atoms. The molecule has 0 aromatic heterocycles. The smallest absolute Gasteiger partial charge is 0.253 e. The van der Waals surface area contributed by atoms with E-state index in [2.05, 4.69) is 21.2 Å². The zero-order chi connectivity index (χ0) is 13.7. The van der Waals surface area contributed by atoms with Crippen LogP contribution in [-0.4, -0.2) is 25.2 Å². The number of carbonyl (C=O) groups is 1. The van der Waals surface area contributed by atoms with Crippen LogP contribution < -0.4 is 10.1 Å². The van der Waals surface area contributed by atoms with Gasteiger partial charge in [-0.2, -0.15) is 0 Å². The van der Waals surface area contributed by atoms with Crippen LogP contribution in [0.15, 0.2) is 18.2 Å². The first-order valence-corrected chi connectivity index (χ1v) is 7.61. The van der Waals surface area contributed by atoms with Gasteiger partial charge in [0.25, 0.3) is 5.91 Å². The number of carbonyl (C=O) groups excluding carboxylic acids is 1. The van der Waals surface area contributed by atoms with Crippen molar-refractivity contribution in [2.75, 3.05) is 18.5 Å². The number of amides is 1. The first-order valence-electron chi connectivity index (χ1n) is 6.48. The van der Waals surface area contributed by atoms with Gasteiger partial charge in [-0.1, -0.05) is 15.9 Å². The Hall–Kier alpha value is -1.07. The Labute approximate surface area is 121 Å². The zero-order valence-corrected chi connectivity index (χ0v) is 12.5. The second-order valence-corrected chi connectivity index (χ2v) is 4.94. The molecule has 0 radical (unpaired) electrons. The number of hydrogen-bond acceptors (Lipinski definition) is 3. The predicted octanol–water partition coefficient (Wildman–Crippen LogP) is 3.10. The van der Waals surface area contributed by atoms with Crippen molar-refractivity contribution in [3.8, 4) is 5.75 Å². The molecule has 0 spiro atoms. The lowest BCUT2D eigenvalue weighted by molar-refractivity contribution is -0.124. The van der Waals surface area contributed by atoms with E-state index >= 15 is 0 Å². The van der Waals surface area contributed by atoms with E-state index in [1.165, 1.54) is 0 Å². The van der Waals surface area contributed by atoms with Crippen molar-refractivity contribution < 1.29 is 14.3 Å². The predicted molar refractivity (Wildman–Crippen MR) is 77.8 cm³/mol. The lowest BCUT2D eigenvalue weighted by Crippen LogP contribution is -2.26. The highest BCUT2D eigenvalue weighted by Gasteiger charge is 2.23. The first kappa shape index (κ1) is 14.3. The number of nitrogens with one attached hydrogen (secondary N) is 1. The summed E-state index contributed by atoms with van der Waals surface area (Å²) < 4.78 is 10.9. The van der Waals surface area contributed by atoms with Crippen LogP contribution in [0.4, 0.5) is 5.69 Å². The topological polar surface area (TPSA) is 47.6 Å². The highest BCUT2D eigenvalue weighted by molar-refractivity contribution is 9.08. The summed E-state index contributed by atoms with van der Waals surface area (Å²) in [5, 5.41) is 3.57. The first-order chi connectivity index (χ1) is 9.24. The van der Waals surface area contributed by atoms with Gasteiger partial charge in [-0.25, -0.2) is 0 Å². The van der Waals surface area contributed by atoms with Crippen molar-refractivity contribution in [2.45, 2.75) is 31.2 Å². The monoisotopic (exact) mass is 327 g/mol. The number of hydrogen-bond donors (Lipinski definition) is 1. The SMILES string of the molecule is CCOc1ccc(NC(=O)C2CCCO2)cc1CBr. The number of benzene rings is 1. The summed E-state index contributed by atoms with van der Waals surface area (Å²) in [4.78, 5) is 11.9. The maximum Gasteiger partial charge on any atom is 0.253 e. The molecule has 0 aliphatic carbocycles. The van der Waals surface area contributed by atoms with Gasteiger partial charge in [0.1, 0.15) is 11.9 Å². The number of alkyl halides is 1. The maximum atomic E-state index is 11.9. The van der Waals surface area contributed by atoms with Crippen LogP contribution in [0.2, 0.25) is 0 Å². The molecule has 1 N–H and O–H groups in total. The van der Waals surface area contributed by atoms with Gasteiger partial charge in [0.2, 0.25) is 0 Å². The molecular weight excluding hydrogens is 310 g/mol. The summed E-state index contributed by atoms with van der Waals surface area (Å²) in [5.41, 5.74) is 1.80. The average molecular weight is 328 g/mol. The van der Waals surface area contributed by atoms with Gasteiger partial charge in [-0.15, -0.1) is 0 Å². The van der Waals surface area contributed by atoms with Gasteiger partial charge in [0, 0.05) is 23.2 Å². The molecule has 0 bridgehead atoms. The van der Waals surface area contributed by atoms with Crippen LogP contribution in [0, 0.1) is 0 Å². The lowest BCUT2D eigenvalue weighted by Gasteiger charge is -2.13. The fourth-order valence-electron chi connectivity index (χ4n) is 2.07. The molecule has 5 heteroatoms. The molecule has 1 aliphatic heterocycles. The molecule has 1 aromatic rings. The second-order valence-electron chi connectivity index (χ2n) is 4.38. The van der Waals surface area contributed by atoms with E-state index in [0.717, 1.165) is 29.8 Å². The van der Waals surface area contributed by atoms with E-state index in [4.69, 9.17) is 9.47 Å². The summed E-state index contributed by atoms with van der Waals surface area (Å²) in [6.07, 6.45) is 1.45. The summed E-state index contributed by atoms with van der Waals surface area (Å²) >= 11 is 3.43. The van der Waals surface area contributed by atoms with Crippen LogP contribution in [0.5, 0.6) is 5.75 Å². The molecule has 1 saturated heterocycles. The molecule has 0 saturated carbocycles. The summed E-state index contributed by atoms with van der Waals surface area (Å²) in [6, 6.07) is 5.65. The average Bonchev–Trinajstić information content (AvgIpc) is 2.94. The van der Waals surface area contributed by atoms with Crippen molar-refractivity contribution >= 4 is 27.5 Å². The lowest BCUT2D eigenvalue weighted by atomic mass is 10.2. The molecule has 2 rings (SSSR count). The third-order valence-electron chi connectivity index (χ3n) is 2.99. The molecule has 1 aromatic carbocycles. The van der Waals surface area contributed by atoms with E-state index in [1.54, 1.807) is 0 Å². The standard InChI is InChI=1S/C14H18BrNO3/c1-2-18-12-6-5-11(8-10(12)9-15)16-14(17)13-4-3-7-19-13/h5-6,8,13H,2-4,7,9H2,1H3,(H,16,17). The number of ether oxygens (including phenoxy) is 2. The zero-order valence-electron chi connectivity index (χ0n) is 10.9. The Balaban J connectivity index is 2.05. The normalized spacial score (nSPS) is 18.3. The summed E-state index contributed by atoms with van der Waals surface area (Å²) in [7, 11) is 0. The summed E-state index contributed by atoms with van der Waals surface area (Å²) in [5.74, 6) is 0.775. The van der Waals surface area contributed by atoms with Gasteiger partial charge in [-0.3, -0.25) is 4.79 Å². The molecule has 104 valence electrons. The van der Waals surface area contributed by atoms with Crippen molar-refractivity contribution in [1.82, 2.24) is 0 Å². The second kappa shape index (κ2) is 6.91. The van der Waals surface area contributed by atoms with E-state index in [0.29, 0.717) is 18.5 Å². The van der Waals surface area contributed by atoms with Gasteiger partial charge in [0.05, 0.1) is 6.61 Å². The largest absolute Gasteiger partial charge is 0.494 e. The van der Waals surface area contributed by atoms with Crippen molar-refractivity contribution in [3.63, 3.8) is 0 Å². The van der Waals surface area contributed by atoms with Crippen molar-refractivity contribution in [3.05, 3.63) is 23.8 Å². The van der Waals surface area contributed by atoms with Crippen LogP contribution in [0.3, 0.4) is 0 Å². The van der Waals surface area contributed by atoms with Gasteiger partial charge < -0.3 is 14.8 Å². The molecule has 1 atom stereocenters. The van der Waals surface area contributed by atoms with Crippen LogP contribution in [0.25, 0.3) is 0 Å². The van der Waals surface area contributed by atoms with Crippen molar-refractivity contribution in [1.29, 1.82) is 0 Å². The number of halogens is 1. The Morgan fingerprint density at radius 2 is 2.42 bits per heavy atom. The third kappa shape index (κ3) is 3.70. The van der Waals surface area contributed by atoms with Crippen LogP contribution >= 0.6 is 15.9 Å². The number of rotatable bonds is 5. The van der Waals surface area contributed by atoms with E-state index in [1.807, 2.05) is 25.1 Å². The molecule has 1 amide bonds. The molecule has 1 fully saturated rings. The van der Waals surface area contributed by atoms with Gasteiger partial charge in [-0.05, 0) is 38.0 Å². The highest BCUT2D eigenvalue weighted by atomic mass is 79.9. The quantitative estimate of drug-likeness (QED) is 0.845. The van der Waals surface area contributed by atoms with Crippen molar-refractivity contribution in [2.24, 2.45) is 0 Å². The molecule has 1 aliphatic rings. The Morgan fingerprint density at radius 3 is 3.05 bits per heavy atom. The fraction of sp³-hybridized carbons (Fsp3) is 0.500.